The maximum Gasteiger partial charge on any atom is 0.506 e. The zero-order chi connectivity index (χ0) is 29.1. The molecule has 1 heterocycles. The van der Waals surface area contributed by atoms with E-state index in [0.29, 0.717) is 10.7 Å². The van der Waals surface area contributed by atoms with Gasteiger partial charge in [-0.3, -0.25) is 24.0 Å². The Morgan fingerprint density at radius 2 is 1.41 bits per heavy atom. The number of carbonyl (C=O) groups is 6. The van der Waals surface area contributed by atoms with Gasteiger partial charge in [0.2, 0.25) is 5.84 Å². The second kappa shape index (κ2) is 14.1. The predicted molar refractivity (Wildman–Crippen MR) is 126 cm³/mol. The van der Waals surface area contributed by atoms with E-state index in [1.807, 2.05) is 0 Å². The Labute approximate surface area is 220 Å². The molecule has 0 fully saturated rings. The second-order valence-corrected chi connectivity index (χ2v) is 7.65. The average molecular weight is 548 g/mol. The van der Waals surface area contributed by atoms with Crippen LogP contribution in [-0.2, 0) is 47.7 Å². The highest BCUT2D eigenvalue weighted by molar-refractivity contribution is 6.39. The molecule has 1 aromatic rings. The number of carboxylic acid groups (broad SMARTS) is 1. The molecular weight excluding hydrogens is 524 g/mol. The number of hydrogen-bond donors (Lipinski definition) is 1. The number of carbonyl (C=O) groups excluding carboxylic acids is 5. The molecule has 1 amide bonds. The van der Waals surface area contributed by atoms with Gasteiger partial charge in [0.05, 0.1) is 16.9 Å². The van der Waals surface area contributed by atoms with E-state index in [1.54, 1.807) is 24.3 Å². The Bertz CT molecular complexity index is 1320. The summed E-state index contributed by atoms with van der Waals surface area (Å²) in [6.07, 6.45) is -8.17. The molecule has 4 unspecified atom stereocenters. The fourth-order valence-electron chi connectivity index (χ4n) is 3.16. The summed E-state index contributed by atoms with van der Waals surface area (Å²) < 4.78 is 25.1. The van der Waals surface area contributed by atoms with Crippen molar-refractivity contribution in [2.45, 2.75) is 52.1 Å². The highest BCUT2D eigenvalue weighted by Gasteiger charge is 2.43. The van der Waals surface area contributed by atoms with Crippen LogP contribution in [0.5, 0.6) is 0 Å². The van der Waals surface area contributed by atoms with E-state index in [4.69, 9.17) is 23.7 Å². The number of hydrogen-bond acceptors (Lipinski definition) is 13. The number of rotatable bonds is 11. The Balaban J connectivity index is 2.53. The lowest BCUT2D eigenvalue weighted by molar-refractivity contribution is -0.195. The molecule has 1 aliphatic heterocycles. The van der Waals surface area contributed by atoms with E-state index >= 15 is 0 Å². The van der Waals surface area contributed by atoms with Gasteiger partial charge in [0.25, 0.3) is 0 Å². The molecule has 16 heteroatoms. The Morgan fingerprint density at radius 3 is 1.95 bits per heavy atom. The van der Waals surface area contributed by atoms with Gasteiger partial charge in [0.1, 0.15) is 6.61 Å². The molecule has 39 heavy (non-hydrogen) atoms. The molecule has 4 atom stereocenters. The van der Waals surface area contributed by atoms with Gasteiger partial charge in [-0.15, -0.1) is 5.10 Å². The van der Waals surface area contributed by atoms with Gasteiger partial charge in [-0.2, -0.15) is 5.10 Å². The third-order valence-electron chi connectivity index (χ3n) is 4.51. The first kappa shape index (κ1) is 30.2. The van der Waals surface area contributed by atoms with Crippen LogP contribution < -0.4 is 10.7 Å². The number of benzene rings is 1. The minimum atomic E-state index is -1.87. The molecule has 0 aromatic heterocycles. The fourth-order valence-corrected chi connectivity index (χ4v) is 3.16. The van der Waals surface area contributed by atoms with Crippen LogP contribution in [-0.4, -0.2) is 84.1 Å². The molecule has 1 aliphatic rings. The highest BCUT2D eigenvalue weighted by atomic mass is 16.7. The zero-order valence-corrected chi connectivity index (χ0v) is 21.1. The summed E-state index contributed by atoms with van der Waals surface area (Å²) in [5, 5.41) is 17.2. The molecule has 0 radical (unpaired) electrons. The number of para-hydroxylation sites is 2. The van der Waals surface area contributed by atoms with E-state index < -0.39 is 72.8 Å². The number of fused-ring (bicyclic) bond motifs is 1. The third-order valence-corrected chi connectivity index (χ3v) is 4.51. The molecule has 208 valence electrons. The Kier molecular flexibility index (Phi) is 10.9. The van der Waals surface area contributed by atoms with Gasteiger partial charge in [-0.25, -0.2) is 14.8 Å². The normalized spacial score (nSPS) is 16.4. The molecular formula is C23H24N4O12. The number of ether oxygens (including phenoxy) is 5. The molecule has 0 bridgehead atoms. The molecule has 16 nitrogen and oxygen atoms in total. The molecule has 2 rings (SSSR count). The molecule has 0 aliphatic carbocycles. The third kappa shape index (κ3) is 9.75. The maximum absolute atomic E-state index is 12.2. The maximum atomic E-state index is 12.2. The van der Waals surface area contributed by atoms with Crippen LogP contribution in [0.1, 0.15) is 27.7 Å². The zero-order valence-electron chi connectivity index (χ0n) is 21.1. The van der Waals surface area contributed by atoms with Gasteiger partial charge in [-0.1, -0.05) is 12.1 Å². The highest BCUT2D eigenvalue weighted by Crippen LogP contribution is 2.19. The Hall–Kier alpha value is -5.02. The van der Waals surface area contributed by atoms with Crippen molar-refractivity contribution >= 4 is 48.0 Å². The van der Waals surface area contributed by atoms with Gasteiger partial charge < -0.3 is 28.8 Å². The van der Waals surface area contributed by atoms with Gasteiger partial charge in [-0.05, 0) is 12.1 Å². The van der Waals surface area contributed by atoms with E-state index in [2.05, 4.69) is 20.2 Å². The monoisotopic (exact) mass is 548 g/mol. The minimum absolute atomic E-state index is 0.306. The van der Waals surface area contributed by atoms with Crippen LogP contribution in [0, 0.1) is 0 Å². The van der Waals surface area contributed by atoms with Crippen LogP contribution in [0.3, 0.4) is 0 Å². The number of amidine groups is 1. The molecule has 0 saturated heterocycles. The molecule has 1 aromatic carbocycles. The lowest BCUT2D eigenvalue weighted by atomic mass is 10.0. The van der Waals surface area contributed by atoms with Crippen molar-refractivity contribution in [1.82, 2.24) is 0 Å². The van der Waals surface area contributed by atoms with Crippen molar-refractivity contribution < 1.29 is 57.6 Å². The number of esters is 4. The first-order chi connectivity index (χ1) is 18.4. The fraction of sp³-hybridized carbons (Fsp3) is 0.391. The summed E-state index contributed by atoms with van der Waals surface area (Å²) in [6.45, 7) is 3.32. The summed E-state index contributed by atoms with van der Waals surface area (Å²) in [6, 6.07) is 6.43. The largest absolute Gasteiger partial charge is 0.506 e. The van der Waals surface area contributed by atoms with Gasteiger partial charge >= 0.3 is 35.9 Å². The summed E-state index contributed by atoms with van der Waals surface area (Å²) >= 11 is 0. The van der Waals surface area contributed by atoms with E-state index in [1.165, 1.54) is 0 Å². The Morgan fingerprint density at radius 1 is 0.846 bits per heavy atom. The van der Waals surface area contributed by atoms with Crippen molar-refractivity contribution in [3.05, 3.63) is 35.0 Å². The average Bonchev–Trinajstić information content (AvgIpc) is 2.82. The van der Waals surface area contributed by atoms with Crippen LogP contribution >= 0.6 is 0 Å². The summed E-state index contributed by atoms with van der Waals surface area (Å²) in [4.78, 5) is 78.4. The van der Waals surface area contributed by atoms with Gasteiger partial charge in [0.15, 0.2) is 24.4 Å². The van der Waals surface area contributed by atoms with E-state index in [9.17, 15) is 33.9 Å². The van der Waals surface area contributed by atoms with Crippen molar-refractivity contribution in [1.29, 1.82) is 0 Å². The van der Waals surface area contributed by atoms with Crippen LogP contribution in [0.4, 0.5) is 4.79 Å². The lowest BCUT2D eigenvalue weighted by Gasteiger charge is -2.33. The lowest BCUT2D eigenvalue weighted by Crippen LogP contribution is -2.53. The summed E-state index contributed by atoms with van der Waals surface area (Å²) in [5.41, 5.74) is 0. The molecule has 0 saturated carbocycles. The van der Waals surface area contributed by atoms with Crippen molar-refractivity contribution in [2.75, 3.05) is 6.61 Å². The van der Waals surface area contributed by atoms with Crippen molar-refractivity contribution in [3.8, 4) is 0 Å². The first-order valence-corrected chi connectivity index (χ1v) is 11.1. The summed E-state index contributed by atoms with van der Waals surface area (Å²) in [5.74, 6) is -4.93. The number of nitrogens with zero attached hydrogens (tertiary/aromatic N) is 4. The van der Waals surface area contributed by atoms with Crippen molar-refractivity contribution in [2.24, 2.45) is 20.2 Å². The predicted octanol–water partition coefficient (Wildman–Crippen LogP) is -0.728. The summed E-state index contributed by atoms with van der Waals surface area (Å²) in [7, 11) is 0. The molecule has 1 N–H and O–H groups in total. The quantitative estimate of drug-likeness (QED) is 0.157. The van der Waals surface area contributed by atoms with Crippen LogP contribution in [0.2, 0.25) is 0 Å². The van der Waals surface area contributed by atoms with Crippen LogP contribution in [0.25, 0.3) is 0 Å². The second-order valence-electron chi connectivity index (χ2n) is 7.65. The standard InChI is InChI=1S/C23H24N4O12/c1-11(28)35-10-18(36-12(2)29)20(38-14(4)31)19(37-13(3)30)17(39-23(33)34)9-24-27-21-22(32)26-16-8-6-5-7-15(16)25-21/h5-9,17-20H,10H2,1-4H3,(H,33,34)/b24-9+,27-21+. The van der Waals surface area contributed by atoms with Gasteiger partial charge in [0, 0.05) is 27.7 Å². The van der Waals surface area contributed by atoms with E-state index in [-0.39, 0.29) is 0 Å². The SMILES string of the molecule is CC(=O)OCC(OC(C)=O)C(OC(C)=O)C(OC(C)=O)C(/C=N/N=C1/N=c2ccccc2=NC1=O)OC(=O)O. The number of amides is 1. The first-order valence-electron chi connectivity index (χ1n) is 11.1. The minimum Gasteiger partial charge on any atom is -0.462 e. The van der Waals surface area contributed by atoms with Crippen LogP contribution in [0.15, 0.2) is 44.5 Å². The van der Waals surface area contributed by atoms with Crippen molar-refractivity contribution in [3.63, 3.8) is 0 Å². The topological polar surface area (TPSA) is 218 Å². The molecule has 0 spiro atoms. The smallest absolute Gasteiger partial charge is 0.462 e. The van der Waals surface area contributed by atoms with E-state index in [0.717, 1.165) is 33.9 Å².